The zero-order chi connectivity index (χ0) is 8.72. The molecule has 12 heavy (non-hydrogen) atoms. The first-order valence-electron chi connectivity index (χ1n) is 4.21. The van der Waals surface area contributed by atoms with Gasteiger partial charge in [-0.2, -0.15) is 0 Å². The predicted octanol–water partition coefficient (Wildman–Crippen LogP) is 2.54. The van der Waals surface area contributed by atoms with Crippen LogP contribution in [0.15, 0.2) is 0 Å². The molecule has 0 nitrogen and oxygen atoms in total. The quantitative estimate of drug-likeness (QED) is 0.502. The summed E-state index contributed by atoms with van der Waals surface area (Å²) in [6.07, 6.45) is 0.102. The molecule has 3 fully saturated rings. The fourth-order valence-electron chi connectivity index (χ4n) is 2.75. The Hall–Kier alpha value is -0.280. The highest BCUT2D eigenvalue weighted by Gasteiger charge is 2.81. The van der Waals surface area contributed by atoms with E-state index in [9.17, 15) is 17.6 Å². The van der Waals surface area contributed by atoms with Gasteiger partial charge in [0.15, 0.2) is 0 Å². The maximum absolute atomic E-state index is 12.7. The predicted molar refractivity (Wildman–Crippen MR) is 33.1 cm³/mol. The van der Waals surface area contributed by atoms with Crippen molar-refractivity contribution in [1.82, 2.24) is 0 Å². The average molecular weight is 180 g/mol. The standard InChI is InChI=1S/C8H8F4/c9-7(10)3-1-4-6(2-5(3)7)8(4,11)12/h3-6H,1-2H2. The highest BCUT2D eigenvalue weighted by molar-refractivity contribution is 5.20. The van der Waals surface area contributed by atoms with Crippen molar-refractivity contribution in [3.63, 3.8) is 0 Å². The molecule has 4 unspecified atom stereocenters. The van der Waals surface area contributed by atoms with Crippen molar-refractivity contribution in [2.75, 3.05) is 0 Å². The van der Waals surface area contributed by atoms with E-state index in [2.05, 4.69) is 0 Å². The first-order chi connectivity index (χ1) is 5.45. The lowest BCUT2D eigenvalue weighted by Gasteiger charge is -1.99. The van der Waals surface area contributed by atoms with Crippen LogP contribution >= 0.6 is 0 Å². The highest BCUT2D eigenvalue weighted by atomic mass is 19.3. The average Bonchev–Trinajstić information content (AvgIpc) is 2.72. The highest BCUT2D eigenvalue weighted by Crippen LogP contribution is 2.74. The summed E-state index contributed by atoms with van der Waals surface area (Å²) in [6.45, 7) is 0. The number of fused-ring (bicyclic) bond motifs is 2. The summed E-state index contributed by atoms with van der Waals surface area (Å²) in [5.41, 5.74) is 0. The maximum Gasteiger partial charge on any atom is 0.254 e. The van der Waals surface area contributed by atoms with Crippen molar-refractivity contribution in [1.29, 1.82) is 0 Å². The van der Waals surface area contributed by atoms with Crippen LogP contribution in [0.1, 0.15) is 12.8 Å². The third-order valence-electron chi connectivity index (χ3n) is 3.75. The Labute approximate surface area is 66.9 Å². The number of hydrogen-bond acceptors (Lipinski definition) is 0. The molecule has 0 saturated heterocycles. The second-order valence-corrected chi connectivity index (χ2v) is 4.25. The molecule has 3 saturated carbocycles. The van der Waals surface area contributed by atoms with Crippen LogP contribution in [0.4, 0.5) is 17.6 Å². The van der Waals surface area contributed by atoms with E-state index >= 15 is 0 Å². The van der Waals surface area contributed by atoms with Crippen LogP contribution in [0.2, 0.25) is 0 Å². The van der Waals surface area contributed by atoms with Gasteiger partial charge < -0.3 is 0 Å². The van der Waals surface area contributed by atoms with Crippen LogP contribution in [0, 0.1) is 23.7 Å². The van der Waals surface area contributed by atoms with Crippen LogP contribution in [0.25, 0.3) is 0 Å². The van der Waals surface area contributed by atoms with Crippen molar-refractivity contribution < 1.29 is 17.6 Å². The summed E-state index contributed by atoms with van der Waals surface area (Å²) in [5.74, 6) is -8.08. The Morgan fingerprint density at radius 2 is 0.917 bits per heavy atom. The molecule has 0 N–H and O–H groups in total. The Kier molecular flexibility index (Phi) is 0.913. The summed E-state index contributed by atoms with van der Waals surface area (Å²) in [6, 6.07) is 0. The topological polar surface area (TPSA) is 0 Å². The van der Waals surface area contributed by atoms with Gasteiger partial charge in [-0.1, -0.05) is 0 Å². The van der Waals surface area contributed by atoms with Crippen molar-refractivity contribution in [3.8, 4) is 0 Å². The molecule has 3 aliphatic rings. The van der Waals surface area contributed by atoms with Crippen molar-refractivity contribution >= 4 is 0 Å². The summed E-state index contributed by atoms with van der Waals surface area (Å²) < 4.78 is 50.8. The Bertz CT molecular complexity index is 201. The molecule has 0 aromatic heterocycles. The van der Waals surface area contributed by atoms with E-state index in [1.807, 2.05) is 0 Å². The summed E-state index contributed by atoms with van der Waals surface area (Å²) in [4.78, 5) is 0. The fraction of sp³-hybridized carbons (Fsp3) is 1.00. The first kappa shape index (κ1) is 7.15. The molecular formula is C8H8F4. The van der Waals surface area contributed by atoms with Gasteiger partial charge in [-0.3, -0.25) is 0 Å². The molecular weight excluding hydrogens is 172 g/mol. The second-order valence-electron chi connectivity index (χ2n) is 4.25. The van der Waals surface area contributed by atoms with E-state index < -0.39 is 35.5 Å². The molecule has 0 aliphatic heterocycles. The largest absolute Gasteiger partial charge is 0.254 e. The van der Waals surface area contributed by atoms with Crippen LogP contribution < -0.4 is 0 Å². The van der Waals surface area contributed by atoms with Gasteiger partial charge >= 0.3 is 0 Å². The number of alkyl halides is 4. The van der Waals surface area contributed by atoms with Gasteiger partial charge in [0.25, 0.3) is 11.8 Å². The molecule has 0 heterocycles. The van der Waals surface area contributed by atoms with Gasteiger partial charge in [-0.15, -0.1) is 0 Å². The van der Waals surface area contributed by atoms with Crippen LogP contribution in [-0.2, 0) is 0 Å². The van der Waals surface area contributed by atoms with E-state index in [1.54, 1.807) is 0 Å². The van der Waals surface area contributed by atoms with Gasteiger partial charge in [-0.05, 0) is 12.8 Å². The van der Waals surface area contributed by atoms with Crippen LogP contribution in [-0.4, -0.2) is 11.8 Å². The Morgan fingerprint density at radius 1 is 0.667 bits per heavy atom. The molecule has 68 valence electrons. The minimum Gasteiger partial charge on any atom is -0.206 e. The third-order valence-corrected chi connectivity index (χ3v) is 3.75. The molecule has 4 atom stereocenters. The normalized spacial score (nSPS) is 57.0. The molecule has 4 heteroatoms. The first-order valence-corrected chi connectivity index (χ1v) is 4.21. The zero-order valence-corrected chi connectivity index (χ0v) is 6.24. The maximum atomic E-state index is 12.7. The van der Waals surface area contributed by atoms with E-state index in [0.717, 1.165) is 0 Å². The van der Waals surface area contributed by atoms with E-state index in [-0.39, 0.29) is 12.8 Å². The molecule has 0 spiro atoms. The van der Waals surface area contributed by atoms with E-state index in [4.69, 9.17) is 0 Å². The Balaban J connectivity index is 1.80. The van der Waals surface area contributed by atoms with E-state index in [0.29, 0.717) is 0 Å². The second kappa shape index (κ2) is 1.53. The van der Waals surface area contributed by atoms with E-state index in [1.165, 1.54) is 0 Å². The molecule has 0 aromatic rings. The summed E-state index contributed by atoms with van der Waals surface area (Å²) in [5, 5.41) is 0. The van der Waals surface area contributed by atoms with Gasteiger partial charge in [0.1, 0.15) is 0 Å². The third kappa shape index (κ3) is 0.579. The summed E-state index contributed by atoms with van der Waals surface area (Å²) >= 11 is 0. The molecule has 0 amide bonds. The minimum atomic E-state index is -2.61. The molecule has 3 rings (SSSR count). The number of rotatable bonds is 0. The fourth-order valence-corrected chi connectivity index (χ4v) is 2.75. The lowest BCUT2D eigenvalue weighted by molar-refractivity contribution is 0.0555. The Morgan fingerprint density at radius 3 is 1.17 bits per heavy atom. The number of hydrogen-bond donors (Lipinski definition) is 0. The zero-order valence-electron chi connectivity index (χ0n) is 6.24. The van der Waals surface area contributed by atoms with Gasteiger partial charge in [0, 0.05) is 23.7 Å². The monoisotopic (exact) mass is 180 g/mol. The van der Waals surface area contributed by atoms with Crippen molar-refractivity contribution in [3.05, 3.63) is 0 Å². The minimum absolute atomic E-state index is 0.0509. The van der Waals surface area contributed by atoms with Crippen molar-refractivity contribution in [2.24, 2.45) is 23.7 Å². The molecule has 0 radical (unpaired) electrons. The van der Waals surface area contributed by atoms with Gasteiger partial charge in [0.2, 0.25) is 0 Å². The SMILES string of the molecule is FC1(F)C2CC3C(CC21)C3(F)F. The van der Waals surface area contributed by atoms with Crippen molar-refractivity contribution in [2.45, 2.75) is 24.7 Å². The smallest absolute Gasteiger partial charge is 0.206 e. The lowest BCUT2D eigenvalue weighted by Crippen LogP contribution is -2.00. The summed E-state index contributed by atoms with van der Waals surface area (Å²) in [7, 11) is 0. The van der Waals surface area contributed by atoms with Crippen LogP contribution in [0.3, 0.4) is 0 Å². The molecule has 3 aliphatic carbocycles. The number of halogens is 4. The van der Waals surface area contributed by atoms with Gasteiger partial charge in [0.05, 0.1) is 0 Å². The van der Waals surface area contributed by atoms with Crippen LogP contribution in [0.5, 0.6) is 0 Å². The van der Waals surface area contributed by atoms with Gasteiger partial charge in [-0.25, -0.2) is 17.6 Å². The molecule has 0 bridgehead atoms. The lowest BCUT2D eigenvalue weighted by atomic mass is 10.0. The molecule has 0 aromatic carbocycles.